The molecule has 64 valence electrons. The fraction of sp³-hybridized carbons (Fsp3) is 0.400. The van der Waals surface area contributed by atoms with Gasteiger partial charge < -0.3 is 0 Å². The largest absolute Gasteiger partial charge is 0.225 e. The first kappa shape index (κ1) is 7.77. The average Bonchev–Trinajstić information content (AvgIpc) is 2.65. The topological polar surface area (TPSA) is 6.02 Å². The minimum Gasteiger partial charge on any atom is -0.225 e. The zero-order chi connectivity index (χ0) is 8.55. The van der Waals surface area contributed by atoms with Crippen LogP contribution in [0, 0.1) is 0 Å². The molecule has 1 saturated heterocycles. The zero-order valence-electron chi connectivity index (χ0n) is 7.57. The van der Waals surface area contributed by atoms with Crippen molar-refractivity contribution in [2.75, 3.05) is 14.1 Å². The third-order valence-electron chi connectivity index (χ3n) is 2.57. The lowest BCUT2D eigenvalue weighted by Gasteiger charge is -1.96. The molecule has 1 fully saturated rings. The van der Waals surface area contributed by atoms with Crippen molar-refractivity contribution in [2.45, 2.75) is 12.6 Å². The molecule has 0 radical (unpaired) electrons. The van der Waals surface area contributed by atoms with Gasteiger partial charge in [-0.2, -0.15) is 0 Å². The zero-order valence-corrected chi connectivity index (χ0v) is 7.57. The van der Waals surface area contributed by atoms with Crippen LogP contribution in [0.3, 0.4) is 0 Å². The van der Waals surface area contributed by atoms with Crippen LogP contribution in [0.15, 0.2) is 30.3 Å². The quantitative estimate of drug-likeness (QED) is 0.605. The van der Waals surface area contributed by atoms with E-state index in [1.54, 1.807) is 0 Å². The number of hydrogen-bond acceptors (Lipinski definition) is 2. The van der Waals surface area contributed by atoms with Crippen LogP contribution in [-0.4, -0.2) is 30.3 Å². The molecule has 0 bridgehead atoms. The summed E-state index contributed by atoms with van der Waals surface area (Å²) in [6.07, 6.45) is 1.75. The van der Waals surface area contributed by atoms with Gasteiger partial charge in [0.2, 0.25) is 0 Å². The Morgan fingerprint density at radius 2 is 1.67 bits per heavy atom. The van der Waals surface area contributed by atoms with E-state index >= 15 is 0 Å². The molecule has 2 rings (SSSR count). The number of likely N-dealkylation sites (N-methyl/N-ethyl adjacent to an activating group) is 2. The summed E-state index contributed by atoms with van der Waals surface area (Å²) in [6, 6.07) is 10.6. The Balaban J connectivity index is 1.97. The molecular weight excluding hydrogens is 148 g/mol. The van der Waals surface area contributed by atoms with Crippen LogP contribution in [-0.2, 0) is 6.42 Å². The van der Waals surface area contributed by atoms with Gasteiger partial charge in [0.15, 0.2) is 0 Å². The van der Waals surface area contributed by atoms with Crippen molar-refractivity contribution in [3.05, 3.63) is 35.9 Å². The normalized spacial score (nSPS) is 33.3. The SMILES string of the molecule is CN1C(Cc2ccccc2)N1C. The molecule has 1 aromatic carbocycles. The van der Waals surface area contributed by atoms with E-state index in [4.69, 9.17) is 0 Å². The fourth-order valence-corrected chi connectivity index (χ4v) is 1.52. The van der Waals surface area contributed by atoms with E-state index in [9.17, 15) is 0 Å². The molecule has 0 aliphatic carbocycles. The molecule has 1 aliphatic rings. The highest BCUT2D eigenvalue weighted by atomic mass is 15.8. The fourth-order valence-electron chi connectivity index (χ4n) is 1.52. The molecule has 0 aromatic heterocycles. The van der Waals surface area contributed by atoms with Gasteiger partial charge in [0.05, 0.1) is 6.17 Å². The van der Waals surface area contributed by atoms with E-state index in [0.717, 1.165) is 6.42 Å². The van der Waals surface area contributed by atoms with Crippen LogP contribution in [0.2, 0.25) is 0 Å². The lowest BCUT2D eigenvalue weighted by molar-refractivity contribution is 0.412. The van der Waals surface area contributed by atoms with E-state index in [2.05, 4.69) is 54.4 Å². The second-order valence-corrected chi connectivity index (χ2v) is 3.32. The lowest BCUT2D eigenvalue weighted by atomic mass is 10.1. The van der Waals surface area contributed by atoms with Gasteiger partial charge in [0.25, 0.3) is 0 Å². The molecule has 1 heterocycles. The number of hydrazine groups is 1. The van der Waals surface area contributed by atoms with Crippen LogP contribution in [0.4, 0.5) is 0 Å². The molecule has 0 amide bonds. The van der Waals surface area contributed by atoms with Crippen molar-refractivity contribution < 1.29 is 0 Å². The van der Waals surface area contributed by atoms with Crippen LogP contribution < -0.4 is 0 Å². The second kappa shape index (κ2) is 2.88. The number of hydrogen-bond donors (Lipinski definition) is 0. The summed E-state index contributed by atoms with van der Waals surface area (Å²) >= 11 is 0. The van der Waals surface area contributed by atoms with Gasteiger partial charge in [-0.25, -0.2) is 10.0 Å². The highest BCUT2D eigenvalue weighted by Gasteiger charge is 2.37. The molecule has 0 spiro atoms. The molecule has 2 atom stereocenters. The minimum atomic E-state index is 0.618. The highest BCUT2D eigenvalue weighted by molar-refractivity contribution is 5.16. The van der Waals surface area contributed by atoms with Gasteiger partial charge in [-0.1, -0.05) is 30.3 Å². The second-order valence-electron chi connectivity index (χ2n) is 3.32. The third kappa shape index (κ3) is 1.36. The number of nitrogens with zero attached hydrogens (tertiary/aromatic N) is 2. The molecule has 1 aliphatic heterocycles. The summed E-state index contributed by atoms with van der Waals surface area (Å²) in [4.78, 5) is 0. The maximum atomic E-state index is 2.24. The maximum Gasteiger partial charge on any atom is 0.0928 e. The van der Waals surface area contributed by atoms with Crippen molar-refractivity contribution in [3.8, 4) is 0 Å². The average molecular weight is 162 g/mol. The first-order valence-electron chi connectivity index (χ1n) is 4.28. The van der Waals surface area contributed by atoms with Gasteiger partial charge in [-0.05, 0) is 5.56 Å². The van der Waals surface area contributed by atoms with Gasteiger partial charge >= 0.3 is 0 Å². The van der Waals surface area contributed by atoms with E-state index in [0.29, 0.717) is 6.17 Å². The van der Waals surface area contributed by atoms with Gasteiger partial charge in [0.1, 0.15) is 0 Å². The van der Waals surface area contributed by atoms with Crippen LogP contribution >= 0.6 is 0 Å². The summed E-state index contributed by atoms with van der Waals surface area (Å²) in [5.74, 6) is 0. The Morgan fingerprint density at radius 1 is 1.08 bits per heavy atom. The smallest absolute Gasteiger partial charge is 0.0928 e. The van der Waals surface area contributed by atoms with Gasteiger partial charge in [-0.3, -0.25) is 0 Å². The van der Waals surface area contributed by atoms with Crippen molar-refractivity contribution in [2.24, 2.45) is 0 Å². The summed E-state index contributed by atoms with van der Waals surface area (Å²) in [6.45, 7) is 0. The Bertz CT molecular complexity index is 250. The van der Waals surface area contributed by atoms with E-state index in [-0.39, 0.29) is 0 Å². The van der Waals surface area contributed by atoms with Gasteiger partial charge in [-0.15, -0.1) is 0 Å². The summed E-state index contributed by atoms with van der Waals surface area (Å²) in [5.41, 5.74) is 1.42. The van der Waals surface area contributed by atoms with Crippen molar-refractivity contribution in [1.82, 2.24) is 10.0 Å². The molecule has 2 heteroatoms. The molecule has 0 saturated carbocycles. The predicted molar refractivity (Wildman–Crippen MR) is 49.5 cm³/mol. The standard InChI is InChI=1S/C10H14N2/c1-11-10(12(11)2)8-9-6-4-3-5-7-9/h3-7,10H,8H2,1-2H3. The maximum absolute atomic E-state index is 2.24. The first-order chi connectivity index (χ1) is 5.79. The first-order valence-corrected chi connectivity index (χ1v) is 4.28. The molecule has 2 unspecified atom stereocenters. The lowest BCUT2D eigenvalue weighted by Crippen LogP contribution is -1.99. The molecule has 2 nitrogen and oxygen atoms in total. The molecular formula is C10H14N2. The van der Waals surface area contributed by atoms with Crippen molar-refractivity contribution >= 4 is 0 Å². The van der Waals surface area contributed by atoms with Crippen molar-refractivity contribution in [1.29, 1.82) is 0 Å². The van der Waals surface area contributed by atoms with Crippen LogP contribution in [0.25, 0.3) is 0 Å². The molecule has 1 aromatic rings. The Hall–Kier alpha value is -0.860. The summed E-state index contributed by atoms with van der Waals surface area (Å²) in [5, 5.41) is 4.49. The van der Waals surface area contributed by atoms with Crippen molar-refractivity contribution in [3.63, 3.8) is 0 Å². The minimum absolute atomic E-state index is 0.618. The Kier molecular flexibility index (Phi) is 1.87. The van der Waals surface area contributed by atoms with Gasteiger partial charge in [0, 0.05) is 20.5 Å². The van der Waals surface area contributed by atoms with Crippen LogP contribution in [0.1, 0.15) is 5.56 Å². The summed E-state index contributed by atoms with van der Waals surface area (Å²) < 4.78 is 0. The van der Waals surface area contributed by atoms with E-state index < -0.39 is 0 Å². The Morgan fingerprint density at radius 3 is 2.17 bits per heavy atom. The third-order valence-corrected chi connectivity index (χ3v) is 2.57. The monoisotopic (exact) mass is 162 g/mol. The highest BCUT2D eigenvalue weighted by Crippen LogP contribution is 2.23. The Labute approximate surface area is 73.4 Å². The summed E-state index contributed by atoms with van der Waals surface area (Å²) in [7, 11) is 4.24. The van der Waals surface area contributed by atoms with E-state index in [1.807, 2.05) is 0 Å². The predicted octanol–water partition coefficient (Wildman–Crippen LogP) is 1.35. The molecule has 12 heavy (non-hydrogen) atoms. The van der Waals surface area contributed by atoms with Crippen LogP contribution in [0.5, 0.6) is 0 Å². The van der Waals surface area contributed by atoms with E-state index in [1.165, 1.54) is 5.56 Å². The molecule has 0 N–H and O–H groups in total. The number of benzene rings is 1. The number of rotatable bonds is 2.